The van der Waals surface area contributed by atoms with Crippen LogP contribution < -0.4 is 25.6 Å². The Kier molecular flexibility index (Phi) is 9.61. The number of nitrogens with zero attached hydrogens (tertiary/aromatic N) is 4. The number of hydrogen-bond donors (Lipinski definition) is 3. The summed E-state index contributed by atoms with van der Waals surface area (Å²) in [5.74, 6) is 2.49. The van der Waals surface area contributed by atoms with Gasteiger partial charge in [-0.1, -0.05) is 63.2 Å². The van der Waals surface area contributed by atoms with Gasteiger partial charge in [0.15, 0.2) is 11.6 Å². The van der Waals surface area contributed by atoms with E-state index in [9.17, 15) is 9.59 Å². The molecule has 0 atom stereocenters. The molecule has 5 rings (SSSR count). The lowest BCUT2D eigenvalue weighted by molar-refractivity contribution is -0.106. The third-order valence-corrected chi connectivity index (χ3v) is 6.59. The van der Waals surface area contributed by atoms with E-state index in [1.165, 1.54) is 0 Å². The van der Waals surface area contributed by atoms with Crippen LogP contribution in [-0.2, 0) is 15.0 Å². The first-order valence-corrected chi connectivity index (χ1v) is 13.8. The maximum atomic E-state index is 10.8. The maximum absolute atomic E-state index is 10.8. The maximum Gasteiger partial charge on any atom is 0.212 e. The number of benzene rings is 3. The molecule has 3 aromatic carbocycles. The molecule has 0 saturated heterocycles. The molecular weight excluding hydrogens is 542 g/mol. The highest BCUT2D eigenvalue weighted by Gasteiger charge is 2.20. The predicted octanol–water partition coefficient (Wildman–Crippen LogP) is 6.44. The zero-order valence-electron chi connectivity index (χ0n) is 25.3. The molecule has 5 aromatic rings. The lowest BCUT2D eigenvalue weighted by Gasteiger charge is -2.20. The molecule has 0 aliphatic carbocycles. The Morgan fingerprint density at radius 3 is 2.14 bits per heavy atom. The molecule has 0 aliphatic rings. The summed E-state index contributed by atoms with van der Waals surface area (Å²) in [6.07, 6.45) is 2.89. The third kappa shape index (κ3) is 7.10. The highest BCUT2D eigenvalue weighted by atomic mass is 16.5. The molecule has 0 aliphatic heterocycles. The molecule has 3 N–H and O–H groups in total. The molecule has 0 bridgehead atoms. The van der Waals surface area contributed by atoms with Crippen LogP contribution in [0, 0.1) is 0 Å². The van der Waals surface area contributed by atoms with Crippen molar-refractivity contribution in [2.75, 3.05) is 42.0 Å². The standard InChI is InChI=1S/C19H20N4O2.C14H17N3O/c1-20-15-8-9-16(14-7-5-4-6-13(14)15)25-17-10-11-21-19(22-12-24)18(17)23(2)3;1-14(2,3)12-9-13(15-10-18)17(16-12)11-7-5-4-6-8-11/h4-12,20H,1-3H3,(H,21,22,24);4-10H,1-3H3,(H,15,18). The zero-order valence-corrected chi connectivity index (χ0v) is 25.3. The number of ether oxygens (including phenoxy) is 1. The number of aromatic nitrogens is 3. The van der Waals surface area contributed by atoms with Crippen LogP contribution in [0.15, 0.2) is 85.1 Å². The molecule has 222 valence electrons. The van der Waals surface area contributed by atoms with Gasteiger partial charge < -0.3 is 25.6 Å². The first-order valence-electron chi connectivity index (χ1n) is 13.8. The highest BCUT2D eigenvalue weighted by molar-refractivity contribution is 5.98. The normalized spacial score (nSPS) is 10.7. The molecule has 0 unspecified atom stereocenters. The molecule has 2 aromatic heterocycles. The molecule has 0 saturated carbocycles. The monoisotopic (exact) mass is 579 g/mol. The summed E-state index contributed by atoms with van der Waals surface area (Å²) < 4.78 is 7.95. The second-order valence-electron chi connectivity index (χ2n) is 10.8. The molecule has 10 heteroatoms. The van der Waals surface area contributed by atoms with Crippen LogP contribution in [-0.4, -0.2) is 48.7 Å². The van der Waals surface area contributed by atoms with E-state index in [4.69, 9.17) is 4.74 Å². The minimum atomic E-state index is -0.0562. The summed E-state index contributed by atoms with van der Waals surface area (Å²) in [6.45, 7) is 6.28. The first-order chi connectivity index (χ1) is 20.7. The van der Waals surface area contributed by atoms with Crippen LogP contribution in [0.4, 0.5) is 23.0 Å². The lowest BCUT2D eigenvalue weighted by Crippen LogP contribution is -2.14. The van der Waals surface area contributed by atoms with E-state index in [1.807, 2.05) is 98.8 Å². The smallest absolute Gasteiger partial charge is 0.212 e. The molecule has 2 amide bonds. The summed E-state index contributed by atoms with van der Waals surface area (Å²) in [5, 5.41) is 15.1. The highest BCUT2D eigenvalue weighted by Crippen LogP contribution is 2.39. The number of amides is 2. The summed E-state index contributed by atoms with van der Waals surface area (Å²) in [5.41, 5.74) is 3.55. The topological polar surface area (TPSA) is 113 Å². The van der Waals surface area contributed by atoms with Crippen molar-refractivity contribution in [3.8, 4) is 17.2 Å². The van der Waals surface area contributed by atoms with Crippen LogP contribution in [0.5, 0.6) is 11.5 Å². The number of fused-ring (bicyclic) bond motifs is 1. The van der Waals surface area contributed by atoms with E-state index < -0.39 is 0 Å². The van der Waals surface area contributed by atoms with Crippen LogP contribution in [0.25, 0.3) is 16.5 Å². The molecule has 43 heavy (non-hydrogen) atoms. The number of anilines is 4. The van der Waals surface area contributed by atoms with Crippen molar-refractivity contribution in [3.05, 3.63) is 90.8 Å². The molecular formula is C33H37N7O3. The van der Waals surface area contributed by atoms with Gasteiger partial charge in [0.25, 0.3) is 0 Å². The number of para-hydroxylation sites is 1. The van der Waals surface area contributed by atoms with E-state index in [1.54, 1.807) is 16.9 Å². The van der Waals surface area contributed by atoms with Crippen molar-refractivity contribution in [2.24, 2.45) is 0 Å². The van der Waals surface area contributed by atoms with Gasteiger partial charge >= 0.3 is 0 Å². The van der Waals surface area contributed by atoms with E-state index >= 15 is 0 Å². The second-order valence-corrected chi connectivity index (χ2v) is 10.8. The molecule has 0 spiro atoms. The van der Waals surface area contributed by atoms with E-state index in [0.29, 0.717) is 35.9 Å². The Labute approximate surface area is 251 Å². The number of carbonyl (C=O) groups excluding carboxylic acids is 2. The summed E-state index contributed by atoms with van der Waals surface area (Å²) in [4.78, 5) is 27.6. The Morgan fingerprint density at radius 2 is 1.51 bits per heavy atom. The summed E-state index contributed by atoms with van der Waals surface area (Å²) in [7, 11) is 5.65. The molecule has 2 heterocycles. The summed E-state index contributed by atoms with van der Waals surface area (Å²) >= 11 is 0. The Bertz CT molecular complexity index is 1690. The van der Waals surface area contributed by atoms with Crippen molar-refractivity contribution in [1.82, 2.24) is 14.8 Å². The fourth-order valence-electron chi connectivity index (χ4n) is 4.49. The summed E-state index contributed by atoms with van der Waals surface area (Å²) in [6, 6.07) is 25.4. The van der Waals surface area contributed by atoms with Crippen LogP contribution in [0.2, 0.25) is 0 Å². The van der Waals surface area contributed by atoms with Crippen molar-refractivity contribution < 1.29 is 14.3 Å². The van der Waals surface area contributed by atoms with Crippen LogP contribution in [0.3, 0.4) is 0 Å². The van der Waals surface area contributed by atoms with E-state index in [2.05, 4.69) is 46.8 Å². The number of rotatable bonds is 9. The fraction of sp³-hybridized carbons (Fsp3) is 0.212. The number of pyridine rings is 1. The quantitative estimate of drug-likeness (QED) is 0.172. The van der Waals surface area contributed by atoms with Gasteiger partial charge in [-0.25, -0.2) is 9.67 Å². The van der Waals surface area contributed by atoms with Crippen LogP contribution in [0.1, 0.15) is 26.5 Å². The second kappa shape index (κ2) is 13.5. The Balaban J connectivity index is 0.000000208. The first kappa shape index (κ1) is 30.6. The predicted molar refractivity (Wildman–Crippen MR) is 174 cm³/mol. The average molecular weight is 580 g/mol. The van der Waals surface area contributed by atoms with Gasteiger partial charge in [0.05, 0.1) is 11.4 Å². The van der Waals surface area contributed by atoms with Gasteiger partial charge in [-0.2, -0.15) is 5.10 Å². The van der Waals surface area contributed by atoms with E-state index in [-0.39, 0.29) is 5.41 Å². The molecule has 10 nitrogen and oxygen atoms in total. The van der Waals surface area contributed by atoms with Gasteiger partial charge in [-0.05, 0) is 24.3 Å². The fourth-order valence-corrected chi connectivity index (χ4v) is 4.49. The molecule has 0 radical (unpaired) electrons. The number of nitrogens with one attached hydrogen (secondary N) is 3. The van der Waals surface area contributed by atoms with Gasteiger partial charge in [0, 0.05) is 61.3 Å². The average Bonchev–Trinajstić information content (AvgIpc) is 3.43. The number of hydrogen-bond acceptors (Lipinski definition) is 7. The van der Waals surface area contributed by atoms with Crippen molar-refractivity contribution >= 4 is 46.6 Å². The van der Waals surface area contributed by atoms with Gasteiger partial charge in [-0.3, -0.25) is 9.59 Å². The Morgan fingerprint density at radius 1 is 0.837 bits per heavy atom. The minimum Gasteiger partial charge on any atom is -0.454 e. The molecule has 0 fully saturated rings. The largest absolute Gasteiger partial charge is 0.454 e. The zero-order chi connectivity index (χ0) is 31.0. The van der Waals surface area contributed by atoms with Crippen LogP contribution >= 0.6 is 0 Å². The Hall–Kier alpha value is -5.38. The van der Waals surface area contributed by atoms with Gasteiger partial charge in [-0.15, -0.1) is 0 Å². The van der Waals surface area contributed by atoms with Crippen molar-refractivity contribution in [2.45, 2.75) is 26.2 Å². The van der Waals surface area contributed by atoms with E-state index in [0.717, 1.165) is 33.6 Å². The third-order valence-electron chi connectivity index (χ3n) is 6.59. The number of carbonyl (C=O) groups is 2. The lowest BCUT2D eigenvalue weighted by atomic mass is 9.92. The van der Waals surface area contributed by atoms with Crippen molar-refractivity contribution in [1.29, 1.82) is 0 Å². The van der Waals surface area contributed by atoms with Gasteiger partial charge in [0.1, 0.15) is 17.3 Å². The van der Waals surface area contributed by atoms with Gasteiger partial charge in [0.2, 0.25) is 12.8 Å². The minimum absolute atomic E-state index is 0.0562. The van der Waals surface area contributed by atoms with Crippen molar-refractivity contribution in [3.63, 3.8) is 0 Å². The SMILES string of the molecule is CC(C)(C)c1cc(NC=O)n(-c2ccccc2)n1.CNc1ccc(Oc2ccnc(NC=O)c2N(C)C)c2ccccc12.